The van der Waals surface area contributed by atoms with Crippen LogP contribution in [-0.2, 0) is 9.59 Å². The van der Waals surface area contributed by atoms with Crippen LogP contribution in [0.2, 0.25) is 0 Å². The molecule has 5 nitrogen and oxygen atoms in total. The van der Waals surface area contributed by atoms with Crippen LogP contribution in [-0.4, -0.2) is 36.3 Å². The zero-order valence-electron chi connectivity index (χ0n) is 10.1. The topological polar surface area (TPSA) is 62.1 Å². The SMILES string of the molecule is C=NC=N/C=C(\C)CCN1C(=O)CCCC1=O. The fourth-order valence-corrected chi connectivity index (χ4v) is 1.61. The van der Waals surface area contributed by atoms with Crippen LogP contribution in [0.1, 0.15) is 32.6 Å². The molecule has 1 aliphatic rings. The second-order valence-electron chi connectivity index (χ2n) is 3.97. The van der Waals surface area contributed by atoms with Crippen LogP contribution in [0.15, 0.2) is 21.8 Å². The summed E-state index contributed by atoms with van der Waals surface area (Å²) in [5.74, 6) is -0.129. The van der Waals surface area contributed by atoms with Gasteiger partial charge in [0.2, 0.25) is 11.8 Å². The molecule has 17 heavy (non-hydrogen) atoms. The molecule has 0 bridgehead atoms. The Labute approximate surface area is 101 Å². The van der Waals surface area contributed by atoms with Gasteiger partial charge in [0.1, 0.15) is 6.34 Å². The molecule has 0 spiro atoms. The number of imide groups is 1. The summed E-state index contributed by atoms with van der Waals surface area (Å²) in [4.78, 5) is 31.7. The third-order valence-corrected chi connectivity index (χ3v) is 2.56. The van der Waals surface area contributed by atoms with E-state index in [2.05, 4.69) is 16.7 Å². The van der Waals surface area contributed by atoms with E-state index in [1.807, 2.05) is 6.92 Å². The lowest BCUT2D eigenvalue weighted by molar-refractivity contribution is -0.147. The van der Waals surface area contributed by atoms with Crippen LogP contribution in [0.3, 0.4) is 0 Å². The van der Waals surface area contributed by atoms with Gasteiger partial charge in [-0.25, -0.2) is 4.99 Å². The number of rotatable bonds is 5. The number of nitrogens with zero attached hydrogens (tertiary/aromatic N) is 3. The van der Waals surface area contributed by atoms with Crippen molar-refractivity contribution < 1.29 is 9.59 Å². The Morgan fingerprint density at radius 2 is 2.06 bits per heavy atom. The molecule has 0 aromatic heterocycles. The summed E-state index contributed by atoms with van der Waals surface area (Å²) in [7, 11) is 0. The molecule has 92 valence electrons. The van der Waals surface area contributed by atoms with E-state index in [1.165, 1.54) is 11.2 Å². The predicted octanol–water partition coefficient (Wildman–Crippen LogP) is 1.55. The number of aliphatic imine (C=N–C) groups is 2. The van der Waals surface area contributed by atoms with Crippen molar-refractivity contribution >= 4 is 24.9 Å². The lowest BCUT2D eigenvalue weighted by Crippen LogP contribution is -2.40. The van der Waals surface area contributed by atoms with Crippen molar-refractivity contribution in [2.45, 2.75) is 32.6 Å². The molecule has 0 saturated carbocycles. The van der Waals surface area contributed by atoms with Crippen molar-refractivity contribution in [3.8, 4) is 0 Å². The summed E-state index contributed by atoms with van der Waals surface area (Å²) < 4.78 is 0. The number of carbonyl (C=O) groups is 2. The minimum absolute atomic E-state index is 0.0645. The van der Waals surface area contributed by atoms with E-state index in [0.29, 0.717) is 32.2 Å². The van der Waals surface area contributed by atoms with Crippen molar-refractivity contribution in [3.63, 3.8) is 0 Å². The molecule has 5 heteroatoms. The molecule has 1 saturated heterocycles. The van der Waals surface area contributed by atoms with Gasteiger partial charge in [-0.3, -0.25) is 19.5 Å². The summed E-state index contributed by atoms with van der Waals surface area (Å²) in [5.41, 5.74) is 0.996. The van der Waals surface area contributed by atoms with Gasteiger partial charge in [-0.05, 0) is 26.5 Å². The maximum absolute atomic E-state index is 11.5. The van der Waals surface area contributed by atoms with Crippen LogP contribution in [0.5, 0.6) is 0 Å². The highest BCUT2D eigenvalue weighted by atomic mass is 16.2. The molecule has 1 fully saturated rings. The van der Waals surface area contributed by atoms with Crippen LogP contribution in [0, 0.1) is 0 Å². The molecule has 0 aromatic carbocycles. The van der Waals surface area contributed by atoms with Crippen molar-refractivity contribution in [1.29, 1.82) is 0 Å². The summed E-state index contributed by atoms with van der Waals surface area (Å²) in [5, 5.41) is 0. The molecule has 0 radical (unpaired) electrons. The zero-order chi connectivity index (χ0) is 12.7. The maximum atomic E-state index is 11.5. The Morgan fingerprint density at radius 3 is 2.65 bits per heavy atom. The van der Waals surface area contributed by atoms with Crippen molar-refractivity contribution in [3.05, 3.63) is 11.8 Å². The van der Waals surface area contributed by atoms with Gasteiger partial charge in [-0.15, -0.1) is 0 Å². The number of hydrogen-bond acceptors (Lipinski definition) is 3. The van der Waals surface area contributed by atoms with Gasteiger partial charge in [0.15, 0.2) is 0 Å². The zero-order valence-corrected chi connectivity index (χ0v) is 10.1. The molecule has 0 aromatic rings. The van der Waals surface area contributed by atoms with E-state index in [1.54, 1.807) is 6.20 Å². The van der Waals surface area contributed by atoms with Crippen LogP contribution in [0.25, 0.3) is 0 Å². The van der Waals surface area contributed by atoms with Crippen molar-refractivity contribution in [1.82, 2.24) is 4.90 Å². The smallest absolute Gasteiger partial charge is 0.229 e. The van der Waals surface area contributed by atoms with Crippen LogP contribution in [0.4, 0.5) is 0 Å². The fraction of sp³-hybridized carbons (Fsp3) is 0.500. The first-order valence-electron chi connectivity index (χ1n) is 5.61. The number of carbonyl (C=O) groups excluding carboxylic acids is 2. The molecule has 0 N–H and O–H groups in total. The Bertz CT molecular complexity index is 356. The molecule has 0 atom stereocenters. The monoisotopic (exact) mass is 235 g/mol. The van der Waals surface area contributed by atoms with Crippen LogP contribution >= 0.6 is 0 Å². The van der Waals surface area contributed by atoms with E-state index in [9.17, 15) is 9.59 Å². The van der Waals surface area contributed by atoms with Gasteiger partial charge in [0.05, 0.1) is 0 Å². The highest BCUT2D eigenvalue weighted by Crippen LogP contribution is 2.13. The third kappa shape index (κ3) is 4.30. The van der Waals surface area contributed by atoms with Gasteiger partial charge >= 0.3 is 0 Å². The second kappa shape index (κ2) is 6.73. The van der Waals surface area contributed by atoms with E-state index in [-0.39, 0.29) is 11.8 Å². The summed E-state index contributed by atoms with van der Waals surface area (Å²) in [6.07, 6.45) is 5.29. The Morgan fingerprint density at radius 1 is 1.41 bits per heavy atom. The molecule has 1 rings (SSSR count). The number of hydrogen-bond donors (Lipinski definition) is 0. The number of likely N-dealkylation sites (tertiary alicyclic amines) is 1. The normalized spacial score (nSPS) is 17.9. The minimum atomic E-state index is -0.0645. The molecule has 1 heterocycles. The molecule has 0 aliphatic carbocycles. The average molecular weight is 235 g/mol. The number of piperidine rings is 1. The first-order valence-corrected chi connectivity index (χ1v) is 5.61. The molecule has 1 aliphatic heterocycles. The van der Waals surface area contributed by atoms with Crippen molar-refractivity contribution in [2.24, 2.45) is 9.98 Å². The van der Waals surface area contributed by atoms with Gasteiger partial charge in [0.25, 0.3) is 0 Å². The van der Waals surface area contributed by atoms with Crippen molar-refractivity contribution in [2.75, 3.05) is 6.54 Å². The Balaban J connectivity index is 2.46. The van der Waals surface area contributed by atoms with Gasteiger partial charge < -0.3 is 0 Å². The summed E-state index contributed by atoms with van der Waals surface area (Å²) in [6, 6.07) is 0. The minimum Gasteiger partial charge on any atom is -0.282 e. The first kappa shape index (κ1) is 13.3. The van der Waals surface area contributed by atoms with Gasteiger partial charge in [0, 0.05) is 25.6 Å². The number of amides is 2. The molecular formula is C12H17N3O2. The maximum Gasteiger partial charge on any atom is 0.229 e. The summed E-state index contributed by atoms with van der Waals surface area (Å²) in [6.45, 7) is 5.61. The van der Waals surface area contributed by atoms with Gasteiger partial charge in [-0.1, -0.05) is 5.57 Å². The van der Waals surface area contributed by atoms with Gasteiger partial charge in [-0.2, -0.15) is 0 Å². The quantitative estimate of drug-likeness (QED) is 0.412. The molecule has 0 unspecified atom stereocenters. The summed E-state index contributed by atoms with van der Waals surface area (Å²) >= 11 is 0. The standard InChI is InChI=1S/C12H17N3O2/c1-10(8-14-9-13-2)6-7-15-11(16)4-3-5-12(15)17/h8-9H,2-7H2,1H3/b10-8+,14-9?. The van der Waals surface area contributed by atoms with Crippen LogP contribution < -0.4 is 0 Å². The lowest BCUT2D eigenvalue weighted by Gasteiger charge is -2.24. The van der Waals surface area contributed by atoms with E-state index in [0.717, 1.165) is 5.57 Å². The molecule has 2 amide bonds. The fourth-order valence-electron chi connectivity index (χ4n) is 1.61. The highest BCUT2D eigenvalue weighted by Gasteiger charge is 2.24. The Kier molecular flexibility index (Phi) is 5.26. The largest absolute Gasteiger partial charge is 0.282 e. The lowest BCUT2D eigenvalue weighted by atomic mass is 10.1. The third-order valence-electron chi connectivity index (χ3n) is 2.56. The average Bonchev–Trinajstić information content (AvgIpc) is 2.29. The predicted molar refractivity (Wildman–Crippen MR) is 67.0 cm³/mol. The van der Waals surface area contributed by atoms with E-state index < -0.39 is 0 Å². The van der Waals surface area contributed by atoms with E-state index in [4.69, 9.17) is 0 Å². The first-order chi connectivity index (χ1) is 8.15. The Hall–Kier alpha value is -1.78. The highest BCUT2D eigenvalue weighted by molar-refractivity contribution is 5.97. The van der Waals surface area contributed by atoms with E-state index >= 15 is 0 Å². The second-order valence-corrected chi connectivity index (χ2v) is 3.97. The molecular weight excluding hydrogens is 218 g/mol.